The summed E-state index contributed by atoms with van der Waals surface area (Å²) >= 11 is 0. The van der Waals surface area contributed by atoms with Crippen molar-refractivity contribution < 1.29 is 197 Å². The molecule has 91 heavy (non-hydrogen) atoms. The van der Waals surface area contributed by atoms with Crippen LogP contribution in [-0.4, -0.2) is 12.3 Å². The van der Waals surface area contributed by atoms with Crippen LogP contribution < -0.4 is 43.7 Å². The largest absolute Gasteiger partial charge is 2.00 e. The van der Waals surface area contributed by atoms with Gasteiger partial charge < -0.3 is 0 Å². The first kappa shape index (κ1) is 71.9. The molecule has 0 N–H and O–H groups in total. The molecule has 0 heterocycles. The van der Waals surface area contributed by atoms with E-state index in [2.05, 4.69) is 0 Å². The summed E-state index contributed by atoms with van der Waals surface area (Å²) < 4.78 is 588. The predicted octanol–water partition coefficient (Wildman–Crippen LogP) is 11.7. The van der Waals surface area contributed by atoms with Gasteiger partial charge in [-0.3, -0.25) is 0 Å². The molecule has 0 saturated heterocycles. The predicted molar refractivity (Wildman–Crippen MR) is 218 cm³/mol. The van der Waals surface area contributed by atoms with E-state index in [0.29, 0.717) is 0 Å². The third-order valence-electron chi connectivity index (χ3n) is 13.4. The zero-order valence-electron chi connectivity index (χ0n) is 40.8. The fraction of sp³-hybridized carbons (Fsp3) is 0. The fourth-order valence-electron chi connectivity index (χ4n) is 9.75. The molecule has 0 aliphatic carbocycles. The van der Waals surface area contributed by atoms with Crippen LogP contribution in [0.3, 0.4) is 0 Å². The van der Waals surface area contributed by atoms with Crippen molar-refractivity contribution in [3.05, 3.63) is 233 Å². The third kappa shape index (κ3) is 9.70. The second kappa shape index (κ2) is 24.4. The van der Waals surface area contributed by atoms with Crippen molar-refractivity contribution >= 4 is 56.0 Å². The zero-order chi connectivity index (χ0) is 68.7. The van der Waals surface area contributed by atoms with Gasteiger partial charge in [0.15, 0.2) is 140 Å². The van der Waals surface area contributed by atoms with E-state index < -0.39 is 289 Å². The Morgan fingerprint density at radius 3 is 0.187 bits per heavy atom. The molecule has 0 atom stereocenters. The minimum atomic E-state index is -7.22. The molecule has 8 rings (SSSR count). The van der Waals surface area contributed by atoms with E-state index in [-0.39, 0.29) is 21.7 Å². The Kier molecular flexibility index (Phi) is 19.3. The molecular formula is C48B2F40Ti. The normalized spacial score (nSPS) is 11.9. The van der Waals surface area contributed by atoms with Crippen molar-refractivity contribution in [3.8, 4) is 0 Å². The third-order valence-corrected chi connectivity index (χ3v) is 13.4. The molecule has 43 heteroatoms. The molecule has 0 amide bonds. The molecule has 8 aromatic carbocycles. The summed E-state index contributed by atoms with van der Waals surface area (Å²) in [5.74, 6) is -143. The minimum absolute atomic E-state index is 0. The topological polar surface area (TPSA) is 0 Å². The Morgan fingerprint density at radius 1 is 0.0879 bits per heavy atom. The van der Waals surface area contributed by atoms with E-state index in [1.807, 2.05) is 0 Å². The van der Waals surface area contributed by atoms with Crippen LogP contribution in [0.15, 0.2) is 0 Å². The monoisotopic (exact) mass is 1410 g/mol. The van der Waals surface area contributed by atoms with E-state index >= 15 is 70.2 Å². The fourth-order valence-corrected chi connectivity index (χ4v) is 9.75. The Balaban J connectivity index is 0.000000286. The summed E-state index contributed by atoms with van der Waals surface area (Å²) in [6.45, 7) is 0. The first-order chi connectivity index (χ1) is 41.4. The Morgan fingerprint density at radius 2 is 0.132 bits per heavy atom. The summed E-state index contributed by atoms with van der Waals surface area (Å²) in [6, 6.07) is 0. The molecular weight excluding hydrogens is 1410 g/mol. The smallest absolute Gasteiger partial charge is 0.207 e. The summed E-state index contributed by atoms with van der Waals surface area (Å²) in [7, 11) is 0. The maximum absolute atomic E-state index is 15.4. The number of hydrogen-bond donors (Lipinski definition) is 0. The molecule has 0 bridgehead atoms. The molecule has 0 aromatic heterocycles. The Labute approximate surface area is 485 Å². The van der Waals surface area contributed by atoms with Crippen LogP contribution >= 0.6 is 0 Å². The van der Waals surface area contributed by atoms with Crippen molar-refractivity contribution in [1.82, 2.24) is 0 Å². The van der Waals surface area contributed by atoms with Gasteiger partial charge in [-0.15, -0.1) is 43.7 Å². The van der Waals surface area contributed by atoms with Gasteiger partial charge in [0.2, 0.25) is 0 Å². The average Bonchev–Trinajstić information content (AvgIpc) is 0.690. The minimum Gasteiger partial charge on any atom is -0.207 e. The molecule has 0 aliphatic rings. The van der Waals surface area contributed by atoms with Gasteiger partial charge in [0.1, 0.15) is 105 Å². The maximum atomic E-state index is 15.4. The molecule has 0 nitrogen and oxygen atoms in total. The molecule has 0 saturated carbocycles. The van der Waals surface area contributed by atoms with E-state index in [9.17, 15) is 105 Å². The SMILES string of the molecule is Fc1c(F)c(F)c([B-](c2c(F)c(F)c(F)c(F)c2F)(c2c(F)c(F)c(F)c(F)c2F)c2c(F)c(F)c(F)c(F)c2F)c(F)c1F.Fc1c(F)c(F)c([B-](c2c(F)c(F)c(F)c(F)c2F)(c2c(F)c(F)c(F)c(F)c2F)c2c(F)c(F)c(F)c(F)c2F)c(F)c1F.[Ti+2]. The number of rotatable bonds is 8. The van der Waals surface area contributed by atoms with Crippen molar-refractivity contribution in [2.24, 2.45) is 0 Å². The summed E-state index contributed by atoms with van der Waals surface area (Å²) in [4.78, 5) is 0. The van der Waals surface area contributed by atoms with Gasteiger partial charge in [0.05, 0.1) is 0 Å². The maximum Gasteiger partial charge on any atom is 2.00 e. The first-order valence-corrected chi connectivity index (χ1v) is 21.9. The summed E-state index contributed by atoms with van der Waals surface area (Å²) in [6.07, 6.45) is -14.4. The molecule has 0 aliphatic heterocycles. The standard InChI is InChI=1S/2C24BF20.Ti/c2*26-5-1(6(27)14(35)21(42)13(5)34)25(2-7(28)15(36)22(43)16(37)8(2)29,3-9(30)17(38)23(44)18(39)10(3)31)4-11(32)19(40)24(45)20(41)12(4)33;/q2*-1;+2. The van der Waals surface area contributed by atoms with Gasteiger partial charge in [-0.05, 0) is 0 Å². The van der Waals surface area contributed by atoms with Crippen LogP contribution in [0, 0.1) is 233 Å². The Bertz CT molecular complexity index is 3430. The first-order valence-electron chi connectivity index (χ1n) is 21.9. The Hall–Kier alpha value is -8.20. The van der Waals surface area contributed by atoms with Gasteiger partial charge in [0, 0.05) is 0 Å². The number of hydrogen-bond acceptors (Lipinski definition) is 0. The van der Waals surface area contributed by atoms with E-state index in [1.54, 1.807) is 0 Å². The van der Waals surface area contributed by atoms with Crippen LogP contribution in [0.1, 0.15) is 0 Å². The van der Waals surface area contributed by atoms with Gasteiger partial charge in [-0.1, -0.05) is 0 Å². The molecule has 482 valence electrons. The summed E-state index contributed by atoms with van der Waals surface area (Å²) in [5.41, 5.74) is -28.7. The van der Waals surface area contributed by atoms with E-state index in [4.69, 9.17) is 0 Å². The van der Waals surface area contributed by atoms with E-state index in [0.717, 1.165) is 0 Å². The van der Waals surface area contributed by atoms with Crippen LogP contribution in [0.5, 0.6) is 0 Å². The molecule has 0 radical (unpaired) electrons. The quantitative estimate of drug-likeness (QED) is 0.0616. The second-order valence-electron chi connectivity index (χ2n) is 17.6. The number of benzene rings is 8. The van der Waals surface area contributed by atoms with Gasteiger partial charge in [-0.25, -0.2) is 176 Å². The van der Waals surface area contributed by atoms with Crippen LogP contribution in [-0.2, 0) is 21.7 Å². The van der Waals surface area contributed by atoms with Crippen molar-refractivity contribution in [2.75, 3.05) is 0 Å². The number of halogens is 40. The van der Waals surface area contributed by atoms with Gasteiger partial charge in [-0.2, -0.15) is 0 Å². The van der Waals surface area contributed by atoms with Crippen molar-refractivity contribution in [3.63, 3.8) is 0 Å². The van der Waals surface area contributed by atoms with Gasteiger partial charge >= 0.3 is 21.7 Å². The zero-order valence-corrected chi connectivity index (χ0v) is 42.3. The van der Waals surface area contributed by atoms with Crippen molar-refractivity contribution in [2.45, 2.75) is 0 Å². The second-order valence-corrected chi connectivity index (χ2v) is 17.6. The van der Waals surface area contributed by atoms with Crippen molar-refractivity contribution in [1.29, 1.82) is 0 Å². The molecule has 0 spiro atoms. The van der Waals surface area contributed by atoms with E-state index in [1.165, 1.54) is 0 Å². The summed E-state index contributed by atoms with van der Waals surface area (Å²) in [5, 5.41) is 0. The average molecular weight is 1410 g/mol. The van der Waals surface area contributed by atoms with Crippen LogP contribution in [0.2, 0.25) is 0 Å². The molecule has 8 aromatic rings. The molecule has 0 unspecified atom stereocenters. The van der Waals surface area contributed by atoms with Gasteiger partial charge in [0.25, 0.3) is 0 Å². The van der Waals surface area contributed by atoms with Crippen LogP contribution in [0.25, 0.3) is 0 Å². The van der Waals surface area contributed by atoms with Crippen LogP contribution in [0.4, 0.5) is 176 Å². The molecule has 0 fully saturated rings.